The number of carboxylic acid groups (broad SMARTS) is 1. The molecule has 1 fully saturated rings. The number of carbonyl (C=O) groups excluding carboxylic acids is 2. The predicted molar refractivity (Wildman–Crippen MR) is 89.9 cm³/mol. The first-order chi connectivity index (χ1) is 11.4. The van der Waals surface area contributed by atoms with Crippen LogP contribution in [0.25, 0.3) is 0 Å². The van der Waals surface area contributed by atoms with Gasteiger partial charge >= 0.3 is 5.97 Å². The highest BCUT2D eigenvalue weighted by molar-refractivity contribution is 5.95. The summed E-state index contributed by atoms with van der Waals surface area (Å²) in [5.74, 6) is -1.15. The molecule has 0 spiro atoms. The highest BCUT2D eigenvalue weighted by Crippen LogP contribution is 2.26. The fourth-order valence-electron chi connectivity index (χ4n) is 2.85. The number of nitrogens with zero attached hydrogens (tertiary/aromatic N) is 1. The van der Waals surface area contributed by atoms with E-state index in [0.29, 0.717) is 17.8 Å². The summed E-state index contributed by atoms with van der Waals surface area (Å²) in [5.41, 5.74) is 1.18. The smallest absolute Gasteiger partial charge is 0.317 e. The maximum Gasteiger partial charge on any atom is 0.317 e. The molecule has 0 unspecified atom stereocenters. The zero-order chi connectivity index (χ0) is 17.7. The van der Waals surface area contributed by atoms with Crippen LogP contribution in [0.15, 0.2) is 24.3 Å². The molecule has 2 amide bonds. The topological polar surface area (TPSA) is 98.7 Å². The van der Waals surface area contributed by atoms with Crippen LogP contribution in [0.1, 0.15) is 37.0 Å². The molecular weight excluding hydrogens is 310 g/mol. The molecule has 130 valence electrons. The Kier molecular flexibility index (Phi) is 5.92. The average Bonchev–Trinajstić information content (AvgIpc) is 2.48. The number of amides is 2. The van der Waals surface area contributed by atoms with Gasteiger partial charge in [0.2, 0.25) is 5.91 Å². The Hall–Kier alpha value is -2.41. The maximum absolute atomic E-state index is 12.2. The van der Waals surface area contributed by atoms with Crippen LogP contribution < -0.4 is 10.6 Å². The van der Waals surface area contributed by atoms with Crippen LogP contribution in [0.4, 0.5) is 5.69 Å². The first-order valence-corrected chi connectivity index (χ1v) is 8.03. The van der Waals surface area contributed by atoms with Crippen molar-refractivity contribution in [3.63, 3.8) is 0 Å². The summed E-state index contributed by atoms with van der Waals surface area (Å²) in [6.07, 6.45) is 1.52. The van der Waals surface area contributed by atoms with Gasteiger partial charge in [-0.1, -0.05) is 6.92 Å². The van der Waals surface area contributed by atoms with Crippen molar-refractivity contribution in [1.29, 1.82) is 0 Å². The van der Waals surface area contributed by atoms with Gasteiger partial charge in [-0.3, -0.25) is 19.3 Å². The number of hydrogen-bond donors (Lipinski definition) is 3. The lowest BCUT2D eigenvalue weighted by Crippen LogP contribution is -2.54. The van der Waals surface area contributed by atoms with Gasteiger partial charge < -0.3 is 15.7 Å². The quantitative estimate of drug-likeness (QED) is 0.699. The van der Waals surface area contributed by atoms with E-state index in [4.69, 9.17) is 5.11 Å². The van der Waals surface area contributed by atoms with Crippen molar-refractivity contribution in [2.24, 2.45) is 0 Å². The van der Waals surface area contributed by atoms with Gasteiger partial charge in [0.25, 0.3) is 5.91 Å². The van der Waals surface area contributed by atoms with E-state index < -0.39 is 5.97 Å². The van der Waals surface area contributed by atoms with Crippen molar-refractivity contribution in [1.82, 2.24) is 10.2 Å². The van der Waals surface area contributed by atoms with Crippen LogP contribution in [0.2, 0.25) is 0 Å². The van der Waals surface area contributed by atoms with E-state index in [1.54, 1.807) is 24.3 Å². The second-order valence-corrected chi connectivity index (χ2v) is 6.01. The molecule has 7 heteroatoms. The van der Waals surface area contributed by atoms with E-state index in [2.05, 4.69) is 10.6 Å². The van der Waals surface area contributed by atoms with Gasteiger partial charge in [0, 0.05) is 30.3 Å². The number of benzene rings is 1. The molecule has 1 aromatic rings. The summed E-state index contributed by atoms with van der Waals surface area (Å²) in [5, 5.41) is 14.5. The summed E-state index contributed by atoms with van der Waals surface area (Å²) in [6.45, 7) is 4.08. The third-order valence-corrected chi connectivity index (χ3v) is 4.18. The third kappa shape index (κ3) is 4.79. The molecule has 1 aliphatic carbocycles. The van der Waals surface area contributed by atoms with Crippen LogP contribution in [0.3, 0.4) is 0 Å². The molecule has 3 N–H and O–H groups in total. The second-order valence-electron chi connectivity index (χ2n) is 6.01. The molecule has 0 bridgehead atoms. The minimum atomic E-state index is -0.830. The van der Waals surface area contributed by atoms with E-state index in [-0.39, 0.29) is 30.4 Å². The first kappa shape index (κ1) is 17.9. The third-order valence-electron chi connectivity index (χ3n) is 4.18. The molecule has 0 radical (unpaired) electrons. The predicted octanol–water partition coefficient (Wildman–Crippen LogP) is 1.31. The Morgan fingerprint density at radius 2 is 1.83 bits per heavy atom. The van der Waals surface area contributed by atoms with Gasteiger partial charge in [0.1, 0.15) is 0 Å². The molecule has 1 aromatic carbocycles. The molecule has 0 heterocycles. The number of nitrogens with one attached hydrogen (secondary N) is 2. The molecule has 1 aliphatic rings. The minimum absolute atomic E-state index is 0.0342. The molecular formula is C17H23N3O4. The van der Waals surface area contributed by atoms with Crippen LogP contribution in [-0.4, -0.2) is 53.0 Å². The fourth-order valence-corrected chi connectivity index (χ4v) is 2.85. The summed E-state index contributed by atoms with van der Waals surface area (Å²) in [7, 11) is 0. The molecule has 1 saturated carbocycles. The maximum atomic E-state index is 12.2. The minimum Gasteiger partial charge on any atom is -0.480 e. The Balaban J connectivity index is 1.82. The Bertz CT molecular complexity index is 609. The van der Waals surface area contributed by atoms with Crippen LogP contribution >= 0.6 is 0 Å². The van der Waals surface area contributed by atoms with Crippen LogP contribution in [-0.2, 0) is 9.59 Å². The molecule has 24 heavy (non-hydrogen) atoms. The summed E-state index contributed by atoms with van der Waals surface area (Å²) in [6, 6.07) is 6.98. The van der Waals surface area contributed by atoms with Gasteiger partial charge in [0.15, 0.2) is 0 Å². The first-order valence-electron chi connectivity index (χ1n) is 8.03. The lowest BCUT2D eigenvalue weighted by atomic mass is 9.85. The highest BCUT2D eigenvalue weighted by Gasteiger charge is 2.34. The lowest BCUT2D eigenvalue weighted by Gasteiger charge is -2.42. The summed E-state index contributed by atoms with van der Waals surface area (Å²) < 4.78 is 0. The number of carbonyl (C=O) groups is 3. The van der Waals surface area contributed by atoms with Gasteiger partial charge in [-0.15, -0.1) is 0 Å². The monoisotopic (exact) mass is 333 g/mol. The lowest BCUT2D eigenvalue weighted by molar-refractivity contribution is -0.139. The van der Waals surface area contributed by atoms with Crippen molar-refractivity contribution in [3.05, 3.63) is 29.8 Å². The van der Waals surface area contributed by atoms with Crippen molar-refractivity contribution in [2.45, 2.75) is 38.8 Å². The van der Waals surface area contributed by atoms with Gasteiger partial charge in [0.05, 0.1) is 6.54 Å². The van der Waals surface area contributed by atoms with Crippen molar-refractivity contribution in [2.75, 3.05) is 18.4 Å². The summed E-state index contributed by atoms with van der Waals surface area (Å²) in [4.78, 5) is 35.9. The number of rotatable bonds is 7. The van der Waals surface area contributed by atoms with Crippen molar-refractivity contribution in [3.8, 4) is 0 Å². The Morgan fingerprint density at radius 3 is 2.33 bits per heavy atom. The molecule has 0 aliphatic heterocycles. The number of hydrogen-bond acceptors (Lipinski definition) is 4. The highest BCUT2D eigenvalue weighted by atomic mass is 16.4. The van der Waals surface area contributed by atoms with E-state index >= 15 is 0 Å². The second kappa shape index (κ2) is 7.92. The zero-order valence-electron chi connectivity index (χ0n) is 13.9. The zero-order valence-corrected chi connectivity index (χ0v) is 13.9. The number of likely N-dealkylation sites (N-methyl/N-ethyl adjacent to an activating group) is 1. The SMILES string of the molecule is CCN(CC(=O)O)C1CC(NC(=O)c2ccc(NC(C)=O)cc2)C1. The largest absolute Gasteiger partial charge is 0.480 e. The fraction of sp³-hybridized carbons (Fsp3) is 0.471. The number of carboxylic acids is 1. The van der Waals surface area contributed by atoms with Crippen LogP contribution in [0.5, 0.6) is 0 Å². The normalized spacial score (nSPS) is 19.5. The Labute approximate surface area is 141 Å². The molecule has 7 nitrogen and oxygen atoms in total. The molecule has 0 saturated heterocycles. The molecule has 0 atom stereocenters. The van der Waals surface area contributed by atoms with Gasteiger partial charge in [-0.05, 0) is 43.7 Å². The van der Waals surface area contributed by atoms with E-state index in [1.165, 1.54) is 6.92 Å². The van der Waals surface area contributed by atoms with Crippen molar-refractivity contribution >= 4 is 23.5 Å². The molecule has 0 aromatic heterocycles. The summed E-state index contributed by atoms with van der Waals surface area (Å²) >= 11 is 0. The van der Waals surface area contributed by atoms with Crippen molar-refractivity contribution < 1.29 is 19.5 Å². The van der Waals surface area contributed by atoms with Gasteiger partial charge in [-0.2, -0.15) is 0 Å². The number of anilines is 1. The standard InChI is InChI=1S/C17H23N3O4/c1-3-20(10-16(22)23)15-8-14(9-15)19-17(24)12-4-6-13(7-5-12)18-11(2)21/h4-7,14-15H,3,8-10H2,1-2H3,(H,18,21)(H,19,24)(H,22,23). The van der Waals surface area contributed by atoms with Gasteiger partial charge in [-0.25, -0.2) is 0 Å². The number of aliphatic carboxylic acids is 1. The van der Waals surface area contributed by atoms with E-state index in [9.17, 15) is 14.4 Å². The van der Waals surface area contributed by atoms with E-state index in [1.807, 2.05) is 11.8 Å². The average molecular weight is 333 g/mol. The molecule has 2 rings (SSSR count). The Morgan fingerprint density at radius 1 is 1.21 bits per heavy atom. The van der Waals surface area contributed by atoms with Crippen LogP contribution in [0, 0.1) is 0 Å². The van der Waals surface area contributed by atoms with E-state index in [0.717, 1.165) is 12.8 Å².